The zero-order valence-corrected chi connectivity index (χ0v) is 19.8. The number of methoxy groups -OCH3 is 1. The fraction of sp³-hybridized carbons (Fsp3) is 0.259. The van der Waals surface area contributed by atoms with Gasteiger partial charge in [-0.05, 0) is 40.3 Å². The number of halogens is 3. The standard InChI is InChI=1S/C27H26F3NO4/c1-26(2,3)20-13-9-18(10-14-20)17-31(24(32)25(33)34-4)23-8-6-5-7-22(23)19-11-15-21(16-12-19)35-27(28,29)30/h5-16H,17H2,1-4H3. The van der Waals surface area contributed by atoms with Crippen molar-refractivity contribution in [3.63, 3.8) is 0 Å². The second kappa shape index (κ2) is 10.2. The largest absolute Gasteiger partial charge is 0.573 e. The summed E-state index contributed by atoms with van der Waals surface area (Å²) in [5, 5.41) is 0. The van der Waals surface area contributed by atoms with Crippen molar-refractivity contribution in [3.05, 3.63) is 83.9 Å². The Hall–Kier alpha value is -3.81. The lowest BCUT2D eigenvalue weighted by Crippen LogP contribution is -2.37. The van der Waals surface area contributed by atoms with Crippen LogP contribution in [0.2, 0.25) is 0 Å². The van der Waals surface area contributed by atoms with Gasteiger partial charge in [-0.2, -0.15) is 0 Å². The minimum absolute atomic E-state index is 0.0470. The Morgan fingerprint density at radius 2 is 1.46 bits per heavy atom. The predicted molar refractivity (Wildman–Crippen MR) is 127 cm³/mol. The quantitative estimate of drug-likeness (QED) is 0.316. The minimum atomic E-state index is -4.80. The van der Waals surface area contributed by atoms with Crippen LogP contribution in [-0.2, 0) is 26.3 Å². The van der Waals surface area contributed by atoms with E-state index < -0.39 is 18.2 Å². The Balaban J connectivity index is 2.00. The normalized spacial score (nSPS) is 11.6. The summed E-state index contributed by atoms with van der Waals surface area (Å²) in [6.45, 7) is 6.37. The molecule has 0 atom stereocenters. The summed E-state index contributed by atoms with van der Waals surface area (Å²) in [5.41, 5.74) is 3.37. The molecule has 3 aromatic rings. The molecule has 8 heteroatoms. The number of esters is 1. The first-order valence-corrected chi connectivity index (χ1v) is 10.8. The van der Waals surface area contributed by atoms with E-state index in [0.717, 1.165) is 18.2 Å². The maximum absolute atomic E-state index is 13.0. The van der Waals surface area contributed by atoms with Gasteiger partial charge in [0, 0.05) is 5.56 Å². The molecule has 1 amide bonds. The van der Waals surface area contributed by atoms with Gasteiger partial charge in [-0.3, -0.25) is 9.69 Å². The van der Waals surface area contributed by atoms with E-state index >= 15 is 0 Å². The maximum Gasteiger partial charge on any atom is 0.573 e. The Morgan fingerprint density at radius 1 is 0.857 bits per heavy atom. The number of para-hydroxylation sites is 1. The average molecular weight is 486 g/mol. The zero-order valence-electron chi connectivity index (χ0n) is 19.8. The summed E-state index contributed by atoms with van der Waals surface area (Å²) in [7, 11) is 1.13. The Morgan fingerprint density at radius 3 is 2.00 bits per heavy atom. The number of rotatable bonds is 5. The van der Waals surface area contributed by atoms with Crippen molar-refractivity contribution in [1.82, 2.24) is 0 Å². The summed E-state index contributed by atoms with van der Waals surface area (Å²) in [4.78, 5) is 26.5. The van der Waals surface area contributed by atoms with E-state index in [0.29, 0.717) is 16.8 Å². The molecule has 0 fully saturated rings. The molecule has 3 rings (SSSR count). The van der Waals surface area contributed by atoms with Crippen LogP contribution >= 0.6 is 0 Å². The third kappa shape index (κ3) is 6.62. The number of anilines is 1. The second-order valence-electron chi connectivity index (χ2n) is 8.92. The second-order valence-corrected chi connectivity index (χ2v) is 8.92. The van der Waals surface area contributed by atoms with E-state index in [9.17, 15) is 22.8 Å². The number of ether oxygens (including phenoxy) is 2. The summed E-state index contributed by atoms with van der Waals surface area (Å²) in [5.74, 6) is -2.25. The molecule has 0 aliphatic heterocycles. The van der Waals surface area contributed by atoms with Crippen LogP contribution in [0.1, 0.15) is 31.9 Å². The average Bonchev–Trinajstić information content (AvgIpc) is 2.81. The molecule has 0 aliphatic rings. The SMILES string of the molecule is COC(=O)C(=O)N(Cc1ccc(C(C)(C)C)cc1)c1ccccc1-c1ccc(OC(F)(F)F)cc1. The van der Waals surface area contributed by atoms with Crippen LogP contribution in [0, 0.1) is 0 Å². The van der Waals surface area contributed by atoms with Crippen molar-refractivity contribution in [2.24, 2.45) is 0 Å². The van der Waals surface area contributed by atoms with Gasteiger partial charge in [0.05, 0.1) is 19.3 Å². The van der Waals surface area contributed by atoms with Gasteiger partial charge in [0.2, 0.25) is 0 Å². The molecule has 3 aromatic carbocycles. The van der Waals surface area contributed by atoms with Crippen molar-refractivity contribution < 1.29 is 32.2 Å². The Kier molecular flexibility index (Phi) is 7.53. The van der Waals surface area contributed by atoms with Crippen LogP contribution in [0.15, 0.2) is 72.8 Å². The topological polar surface area (TPSA) is 55.8 Å². The van der Waals surface area contributed by atoms with Gasteiger partial charge in [0.1, 0.15) is 5.75 Å². The molecule has 0 aliphatic carbocycles. The van der Waals surface area contributed by atoms with Crippen LogP contribution in [0.5, 0.6) is 5.75 Å². The highest BCUT2D eigenvalue weighted by atomic mass is 19.4. The fourth-order valence-corrected chi connectivity index (χ4v) is 3.55. The number of hydrogen-bond donors (Lipinski definition) is 0. The highest BCUT2D eigenvalue weighted by Crippen LogP contribution is 2.34. The van der Waals surface area contributed by atoms with Crippen LogP contribution in [0.3, 0.4) is 0 Å². The van der Waals surface area contributed by atoms with E-state index in [1.807, 2.05) is 24.3 Å². The molecule has 0 saturated carbocycles. The van der Waals surface area contributed by atoms with E-state index in [2.05, 4.69) is 30.2 Å². The van der Waals surface area contributed by atoms with Crippen LogP contribution in [0.4, 0.5) is 18.9 Å². The van der Waals surface area contributed by atoms with Crippen molar-refractivity contribution >= 4 is 17.6 Å². The van der Waals surface area contributed by atoms with Crippen molar-refractivity contribution in [2.75, 3.05) is 12.0 Å². The highest BCUT2D eigenvalue weighted by Gasteiger charge is 2.31. The molecule has 0 heterocycles. The molecule has 5 nitrogen and oxygen atoms in total. The molecule has 0 bridgehead atoms. The van der Waals surface area contributed by atoms with Gasteiger partial charge in [0.25, 0.3) is 0 Å². The van der Waals surface area contributed by atoms with Gasteiger partial charge < -0.3 is 9.47 Å². The number of alkyl halides is 3. The smallest absolute Gasteiger partial charge is 0.462 e. The van der Waals surface area contributed by atoms with E-state index in [-0.39, 0.29) is 17.7 Å². The van der Waals surface area contributed by atoms with E-state index in [1.165, 1.54) is 29.2 Å². The van der Waals surface area contributed by atoms with Crippen molar-refractivity contribution in [1.29, 1.82) is 0 Å². The number of carbonyl (C=O) groups is 2. The first kappa shape index (κ1) is 25.8. The van der Waals surface area contributed by atoms with Gasteiger partial charge in [-0.25, -0.2) is 4.79 Å². The number of benzene rings is 3. The van der Waals surface area contributed by atoms with Crippen LogP contribution < -0.4 is 9.64 Å². The monoisotopic (exact) mass is 485 g/mol. The van der Waals surface area contributed by atoms with E-state index in [4.69, 9.17) is 0 Å². The molecule has 0 unspecified atom stereocenters. The summed E-state index contributed by atoms with van der Waals surface area (Å²) in [6.07, 6.45) is -4.80. The molecular weight excluding hydrogens is 459 g/mol. The lowest BCUT2D eigenvalue weighted by atomic mass is 9.86. The summed E-state index contributed by atoms with van der Waals surface area (Å²) < 4.78 is 46.2. The first-order valence-electron chi connectivity index (χ1n) is 10.8. The number of carbonyl (C=O) groups excluding carboxylic acids is 2. The molecular formula is C27H26F3NO4. The highest BCUT2D eigenvalue weighted by molar-refractivity contribution is 6.38. The molecule has 0 saturated heterocycles. The number of nitrogens with zero attached hydrogens (tertiary/aromatic N) is 1. The summed E-state index contributed by atoms with van der Waals surface area (Å²) in [6, 6.07) is 19.9. The maximum atomic E-state index is 13.0. The van der Waals surface area contributed by atoms with Crippen molar-refractivity contribution in [3.8, 4) is 16.9 Å². The molecule has 35 heavy (non-hydrogen) atoms. The van der Waals surface area contributed by atoms with Gasteiger partial charge in [-0.1, -0.05) is 75.4 Å². The van der Waals surface area contributed by atoms with Gasteiger partial charge >= 0.3 is 18.2 Å². The van der Waals surface area contributed by atoms with Gasteiger partial charge in [0.15, 0.2) is 0 Å². The third-order valence-corrected chi connectivity index (χ3v) is 5.36. The first-order chi connectivity index (χ1) is 16.4. The molecule has 184 valence electrons. The molecule has 0 N–H and O–H groups in total. The lowest BCUT2D eigenvalue weighted by molar-refractivity contribution is -0.274. The molecule has 0 radical (unpaired) electrons. The Bertz CT molecular complexity index is 1180. The van der Waals surface area contributed by atoms with Crippen LogP contribution in [0.25, 0.3) is 11.1 Å². The Labute approximate surface area is 202 Å². The zero-order chi connectivity index (χ0) is 25.8. The molecule has 0 spiro atoms. The van der Waals surface area contributed by atoms with Gasteiger partial charge in [-0.15, -0.1) is 13.2 Å². The number of amides is 1. The summed E-state index contributed by atoms with van der Waals surface area (Å²) >= 11 is 0. The van der Waals surface area contributed by atoms with Crippen molar-refractivity contribution in [2.45, 2.75) is 39.1 Å². The lowest BCUT2D eigenvalue weighted by Gasteiger charge is -2.25. The minimum Gasteiger partial charge on any atom is -0.462 e. The fourth-order valence-electron chi connectivity index (χ4n) is 3.55. The van der Waals surface area contributed by atoms with Crippen LogP contribution in [-0.4, -0.2) is 25.3 Å². The third-order valence-electron chi connectivity index (χ3n) is 5.36. The van der Waals surface area contributed by atoms with E-state index in [1.54, 1.807) is 24.3 Å². The predicted octanol–water partition coefficient (Wildman–Crippen LogP) is 6.26. The molecule has 0 aromatic heterocycles. The number of hydrogen-bond acceptors (Lipinski definition) is 4.